The van der Waals surface area contributed by atoms with Crippen LogP contribution >= 0.6 is 0 Å². The van der Waals surface area contributed by atoms with E-state index in [4.69, 9.17) is 9.26 Å². The number of esters is 1. The van der Waals surface area contributed by atoms with Crippen molar-refractivity contribution < 1.29 is 27.2 Å². The molecule has 0 saturated carbocycles. The monoisotopic (exact) mass is 551 g/mol. The van der Waals surface area contributed by atoms with Crippen molar-refractivity contribution in [1.82, 2.24) is 15.0 Å². The van der Waals surface area contributed by atoms with Gasteiger partial charge in [-0.05, 0) is 88.2 Å². The molecule has 210 valence electrons. The van der Waals surface area contributed by atoms with Crippen molar-refractivity contribution in [1.29, 1.82) is 0 Å². The first-order chi connectivity index (χ1) is 18.7. The summed E-state index contributed by atoms with van der Waals surface area (Å²) in [6, 6.07) is 18.1. The third-order valence-corrected chi connectivity index (χ3v) is 6.51. The van der Waals surface area contributed by atoms with E-state index in [-0.39, 0.29) is 30.0 Å². The van der Waals surface area contributed by atoms with Gasteiger partial charge in [-0.2, -0.15) is 18.2 Å². The first kappa shape index (κ1) is 29.0. The van der Waals surface area contributed by atoms with Crippen molar-refractivity contribution in [3.05, 3.63) is 83.4 Å². The number of carbonyl (C=O) groups excluding carboxylic acids is 1. The van der Waals surface area contributed by atoms with Crippen LogP contribution in [0.2, 0.25) is 0 Å². The molecule has 6 nitrogen and oxygen atoms in total. The summed E-state index contributed by atoms with van der Waals surface area (Å²) in [5.41, 5.74) is 2.31. The van der Waals surface area contributed by atoms with Crippen LogP contribution in [0.1, 0.15) is 50.4 Å². The summed E-state index contributed by atoms with van der Waals surface area (Å²) >= 11 is 0. The molecule has 0 N–H and O–H groups in total. The summed E-state index contributed by atoms with van der Waals surface area (Å²) in [6.45, 7) is 9.38. The molecule has 3 aromatic carbocycles. The Labute approximate surface area is 231 Å². The quantitative estimate of drug-likeness (QED) is 0.219. The van der Waals surface area contributed by atoms with E-state index < -0.39 is 17.3 Å². The number of likely N-dealkylation sites (N-methyl/N-ethyl adjacent to an activating group) is 1. The lowest BCUT2D eigenvalue weighted by molar-refractivity contribution is -0.156. The Morgan fingerprint density at radius 2 is 1.70 bits per heavy atom. The van der Waals surface area contributed by atoms with Gasteiger partial charge >= 0.3 is 12.1 Å². The second kappa shape index (κ2) is 11.3. The molecular weight excluding hydrogens is 519 g/mol. The molecular formula is C31H32F3N3O3. The number of aromatic nitrogens is 2. The molecule has 0 aliphatic heterocycles. The van der Waals surface area contributed by atoms with Crippen molar-refractivity contribution in [2.45, 2.75) is 52.4 Å². The molecule has 1 heterocycles. The zero-order chi connectivity index (χ0) is 29.2. The number of benzene rings is 3. The maximum absolute atomic E-state index is 13.6. The van der Waals surface area contributed by atoms with Crippen LogP contribution < -0.4 is 0 Å². The van der Waals surface area contributed by atoms with E-state index in [0.29, 0.717) is 22.5 Å². The van der Waals surface area contributed by atoms with Crippen molar-refractivity contribution in [3.8, 4) is 34.0 Å². The number of nitrogens with zero attached hydrogens (tertiary/aromatic N) is 3. The highest BCUT2D eigenvalue weighted by Gasteiger charge is 2.33. The van der Waals surface area contributed by atoms with Crippen LogP contribution in [0, 0.1) is 6.92 Å². The average Bonchev–Trinajstić information content (AvgIpc) is 3.37. The first-order valence-corrected chi connectivity index (χ1v) is 12.9. The van der Waals surface area contributed by atoms with Gasteiger partial charge in [-0.15, -0.1) is 0 Å². The Balaban J connectivity index is 1.54. The highest BCUT2D eigenvalue weighted by atomic mass is 19.4. The van der Waals surface area contributed by atoms with E-state index >= 15 is 0 Å². The number of rotatable bonds is 7. The lowest BCUT2D eigenvalue weighted by atomic mass is 9.94. The fraction of sp³-hybridized carbons (Fsp3) is 0.323. The predicted molar refractivity (Wildman–Crippen MR) is 147 cm³/mol. The average molecular weight is 552 g/mol. The van der Waals surface area contributed by atoms with Crippen molar-refractivity contribution in [3.63, 3.8) is 0 Å². The summed E-state index contributed by atoms with van der Waals surface area (Å²) in [5, 5.41) is 4.13. The van der Waals surface area contributed by atoms with Gasteiger partial charge < -0.3 is 9.26 Å². The molecule has 0 aliphatic carbocycles. The third-order valence-electron chi connectivity index (χ3n) is 6.51. The second-order valence-electron chi connectivity index (χ2n) is 10.8. The number of carbonyl (C=O) groups is 1. The molecule has 4 aromatic rings. The molecule has 1 aromatic heterocycles. The number of ether oxygens (including phenoxy) is 1. The van der Waals surface area contributed by atoms with Gasteiger partial charge in [0.15, 0.2) is 0 Å². The van der Waals surface area contributed by atoms with Gasteiger partial charge in [-0.25, -0.2) is 0 Å². The Kier molecular flexibility index (Phi) is 8.16. The van der Waals surface area contributed by atoms with Crippen LogP contribution in [0.3, 0.4) is 0 Å². The number of hydrogen-bond donors (Lipinski definition) is 0. The Morgan fingerprint density at radius 1 is 0.975 bits per heavy atom. The zero-order valence-electron chi connectivity index (χ0n) is 23.3. The van der Waals surface area contributed by atoms with E-state index in [9.17, 15) is 18.0 Å². The summed E-state index contributed by atoms with van der Waals surface area (Å²) in [6.07, 6.45) is -4.46. The fourth-order valence-electron chi connectivity index (χ4n) is 4.43. The first-order valence-electron chi connectivity index (χ1n) is 12.9. The van der Waals surface area contributed by atoms with Gasteiger partial charge in [0.1, 0.15) is 5.60 Å². The lowest BCUT2D eigenvalue weighted by Crippen LogP contribution is -2.34. The molecule has 1 atom stereocenters. The van der Waals surface area contributed by atoms with E-state index in [1.807, 2.05) is 63.9 Å². The van der Waals surface area contributed by atoms with Gasteiger partial charge in [-0.3, -0.25) is 9.69 Å². The van der Waals surface area contributed by atoms with E-state index in [1.54, 1.807) is 31.2 Å². The number of hydrogen-bond acceptors (Lipinski definition) is 6. The molecule has 9 heteroatoms. The highest BCUT2D eigenvalue weighted by Crippen LogP contribution is 2.39. The molecule has 40 heavy (non-hydrogen) atoms. The minimum Gasteiger partial charge on any atom is -0.459 e. The molecule has 0 fully saturated rings. The topological polar surface area (TPSA) is 68.5 Å². The molecule has 0 spiro atoms. The number of alkyl halides is 3. The van der Waals surface area contributed by atoms with E-state index in [2.05, 4.69) is 10.1 Å². The maximum Gasteiger partial charge on any atom is 0.417 e. The highest BCUT2D eigenvalue weighted by molar-refractivity contribution is 5.74. The summed E-state index contributed by atoms with van der Waals surface area (Å²) in [5.74, 6) is 0.335. The third kappa shape index (κ3) is 6.77. The molecule has 0 bridgehead atoms. The van der Waals surface area contributed by atoms with Gasteiger partial charge in [0, 0.05) is 17.2 Å². The van der Waals surface area contributed by atoms with Crippen LogP contribution in [0.4, 0.5) is 13.2 Å². The van der Waals surface area contributed by atoms with Gasteiger partial charge in [0.25, 0.3) is 5.89 Å². The van der Waals surface area contributed by atoms with Crippen molar-refractivity contribution in [2.75, 3.05) is 13.6 Å². The molecule has 0 radical (unpaired) electrons. The van der Waals surface area contributed by atoms with Crippen molar-refractivity contribution in [2.24, 2.45) is 0 Å². The molecule has 0 amide bonds. The van der Waals surface area contributed by atoms with Crippen LogP contribution in [0.25, 0.3) is 34.0 Å². The predicted octanol–water partition coefficient (Wildman–Crippen LogP) is 7.73. The second-order valence-corrected chi connectivity index (χ2v) is 10.8. The van der Waals surface area contributed by atoms with Crippen LogP contribution in [-0.2, 0) is 15.7 Å². The van der Waals surface area contributed by atoms with Gasteiger partial charge in [0.05, 0.1) is 12.1 Å². The van der Waals surface area contributed by atoms with Crippen molar-refractivity contribution >= 4 is 5.97 Å². The summed E-state index contributed by atoms with van der Waals surface area (Å²) in [7, 11) is 1.85. The standard InChI is InChI=1S/C31H32F3N3O3/c1-19-16-23(14-15-24(19)25-12-7-8-13-26(25)31(32,33)34)29-35-28(36-40-29)22-11-9-10-21(17-22)20(2)37(6)18-27(38)39-30(3,4)5/h7-17,20H,18H2,1-6H3. The smallest absolute Gasteiger partial charge is 0.417 e. The minimum atomic E-state index is -4.46. The van der Waals surface area contributed by atoms with Crippen LogP contribution in [-0.4, -0.2) is 40.2 Å². The minimum absolute atomic E-state index is 0.0893. The Hall–Kier alpha value is -3.98. The number of aryl methyl sites for hydroxylation is 1. The summed E-state index contributed by atoms with van der Waals surface area (Å²) < 4.78 is 51.6. The van der Waals surface area contributed by atoms with E-state index in [1.165, 1.54) is 12.1 Å². The molecule has 0 saturated heterocycles. The van der Waals surface area contributed by atoms with Crippen LogP contribution in [0.5, 0.6) is 0 Å². The summed E-state index contributed by atoms with van der Waals surface area (Å²) in [4.78, 5) is 18.7. The Bertz CT molecular complexity index is 1510. The van der Waals surface area contributed by atoms with Gasteiger partial charge in [0.2, 0.25) is 5.82 Å². The zero-order valence-corrected chi connectivity index (χ0v) is 23.3. The maximum atomic E-state index is 13.6. The largest absolute Gasteiger partial charge is 0.459 e. The normalized spacial score (nSPS) is 12.9. The van der Waals surface area contributed by atoms with E-state index in [0.717, 1.165) is 17.2 Å². The molecule has 0 aliphatic rings. The lowest BCUT2D eigenvalue weighted by Gasteiger charge is -2.26. The van der Waals surface area contributed by atoms with Crippen LogP contribution in [0.15, 0.2) is 71.3 Å². The SMILES string of the molecule is Cc1cc(-c2nc(-c3cccc(C(C)N(C)CC(=O)OC(C)(C)C)c3)no2)ccc1-c1ccccc1C(F)(F)F. The molecule has 4 rings (SSSR count). The Morgan fingerprint density at radius 3 is 2.38 bits per heavy atom. The molecule has 1 unspecified atom stereocenters. The van der Waals surface area contributed by atoms with Gasteiger partial charge in [-0.1, -0.05) is 47.6 Å². The fourth-order valence-corrected chi connectivity index (χ4v) is 4.43. The number of halogens is 3.